The molecule has 3 amide bonds. The van der Waals surface area contributed by atoms with Crippen molar-refractivity contribution >= 4 is 39.1 Å². The van der Waals surface area contributed by atoms with Crippen LogP contribution in [0.1, 0.15) is 68.0 Å². The second kappa shape index (κ2) is 43.3. The summed E-state index contributed by atoms with van der Waals surface area (Å²) in [7, 11) is -0.568. The Labute approximate surface area is 532 Å². The first kappa shape index (κ1) is 75.2. The molecule has 5 rings (SSSR count). The topological polar surface area (TPSA) is 242 Å². The van der Waals surface area contributed by atoms with Crippen LogP contribution in [0.5, 0.6) is 0 Å². The highest BCUT2D eigenvalue weighted by Gasteiger charge is 2.30. The predicted molar refractivity (Wildman–Crippen MR) is 337 cm³/mol. The van der Waals surface area contributed by atoms with Gasteiger partial charge in [-0.05, 0) is 117 Å². The maximum absolute atomic E-state index is 13.8. The van der Waals surface area contributed by atoms with E-state index in [1.165, 1.54) is 53.6 Å². The van der Waals surface area contributed by atoms with Gasteiger partial charge in [0.2, 0.25) is 10.0 Å². The van der Waals surface area contributed by atoms with Gasteiger partial charge in [0.25, 0.3) is 17.7 Å². The Bertz CT molecular complexity index is 3000. The molecule has 0 aliphatic carbocycles. The summed E-state index contributed by atoms with van der Waals surface area (Å²) in [5.41, 5.74) is 3.83. The molecular formula is C65H89F3N6O16S. The normalized spacial score (nSPS) is 11.7. The number of ether oxygens (including phenoxy) is 11. The molecule has 26 heteroatoms. The van der Waals surface area contributed by atoms with Crippen molar-refractivity contribution in [1.29, 1.82) is 0 Å². The number of sulfonamides is 1. The van der Waals surface area contributed by atoms with Crippen molar-refractivity contribution in [2.45, 2.75) is 44.3 Å². The van der Waals surface area contributed by atoms with Gasteiger partial charge in [0.1, 0.15) is 0 Å². The van der Waals surface area contributed by atoms with Crippen molar-refractivity contribution in [3.05, 3.63) is 143 Å². The number of halogens is 3. The van der Waals surface area contributed by atoms with E-state index in [0.29, 0.717) is 179 Å². The minimum absolute atomic E-state index is 0.0191. The first-order valence-electron chi connectivity index (χ1n) is 30.4. The van der Waals surface area contributed by atoms with Gasteiger partial charge >= 0.3 is 6.18 Å². The van der Waals surface area contributed by atoms with Crippen LogP contribution in [0.4, 0.5) is 24.5 Å². The fourth-order valence-corrected chi connectivity index (χ4v) is 9.69. The number of amides is 3. The SMILES string of the molecule is CCN(CC)c1ccc(NC(=O)c2cccc(CCCOCCOCCOCCOCCNS(=O)(=O)c3ccc(C(=O)N(C)CCOCCOCCOCCOCCOCCOCCOC)cc3)c2)c(-c2cc(C(=O)NCc3cccc(C(F)(F)F)c3)ccn2)c1. The first-order chi connectivity index (χ1) is 44.1. The Hall–Kier alpha value is -6.50. The molecule has 0 unspecified atom stereocenters. The highest BCUT2D eigenvalue weighted by Crippen LogP contribution is 2.33. The second-order valence-corrected chi connectivity index (χ2v) is 22.0. The number of pyridine rings is 1. The minimum atomic E-state index is -4.51. The summed E-state index contributed by atoms with van der Waals surface area (Å²) in [6.45, 7) is 14.2. The van der Waals surface area contributed by atoms with Crippen molar-refractivity contribution in [2.24, 2.45) is 0 Å². The Morgan fingerprint density at radius 1 is 0.549 bits per heavy atom. The van der Waals surface area contributed by atoms with Gasteiger partial charge in [-0.25, -0.2) is 13.1 Å². The fourth-order valence-electron chi connectivity index (χ4n) is 8.68. The number of methoxy groups -OCH3 is 1. The van der Waals surface area contributed by atoms with Crippen LogP contribution >= 0.6 is 0 Å². The van der Waals surface area contributed by atoms with Gasteiger partial charge in [0, 0.05) is 87.6 Å². The lowest BCUT2D eigenvalue weighted by Crippen LogP contribution is -2.30. The van der Waals surface area contributed by atoms with Crippen LogP contribution in [0.15, 0.2) is 114 Å². The van der Waals surface area contributed by atoms with Crippen molar-refractivity contribution in [3.8, 4) is 11.3 Å². The van der Waals surface area contributed by atoms with Crippen molar-refractivity contribution in [3.63, 3.8) is 0 Å². The number of aryl methyl sites for hydroxylation is 1. The van der Waals surface area contributed by atoms with E-state index in [2.05, 4.69) is 25.2 Å². The summed E-state index contributed by atoms with van der Waals surface area (Å²) in [6.07, 6.45) is -1.67. The van der Waals surface area contributed by atoms with Gasteiger partial charge in [0.05, 0.1) is 154 Å². The Morgan fingerprint density at radius 2 is 1.08 bits per heavy atom. The smallest absolute Gasteiger partial charge is 0.382 e. The molecule has 4 aromatic carbocycles. The number of benzene rings is 4. The molecule has 502 valence electrons. The van der Waals surface area contributed by atoms with Crippen LogP contribution in [0, 0.1) is 0 Å². The Balaban J connectivity index is 0.871. The maximum Gasteiger partial charge on any atom is 0.416 e. The number of hydrogen-bond donors (Lipinski definition) is 3. The lowest BCUT2D eigenvalue weighted by atomic mass is 10.0. The van der Waals surface area contributed by atoms with Crippen LogP contribution in [0.25, 0.3) is 11.3 Å². The molecule has 0 saturated carbocycles. The fraction of sp³-hybridized carbons (Fsp3) is 0.508. The van der Waals surface area contributed by atoms with Crippen LogP contribution in [-0.4, -0.2) is 215 Å². The zero-order chi connectivity index (χ0) is 65.4. The number of hydrogen-bond acceptors (Lipinski definition) is 18. The second-order valence-electron chi connectivity index (χ2n) is 20.2. The molecule has 3 N–H and O–H groups in total. The van der Waals surface area contributed by atoms with E-state index in [4.69, 9.17) is 52.1 Å². The molecule has 1 aromatic heterocycles. The largest absolute Gasteiger partial charge is 0.416 e. The number of aromatic nitrogens is 1. The van der Waals surface area contributed by atoms with Crippen LogP contribution in [0.3, 0.4) is 0 Å². The third-order valence-electron chi connectivity index (χ3n) is 13.6. The maximum atomic E-state index is 13.8. The third kappa shape index (κ3) is 29.3. The average molecular weight is 1300 g/mol. The van der Waals surface area contributed by atoms with Gasteiger partial charge in [-0.15, -0.1) is 0 Å². The van der Waals surface area contributed by atoms with Gasteiger partial charge in [-0.2, -0.15) is 13.2 Å². The van der Waals surface area contributed by atoms with Gasteiger partial charge in [-0.3, -0.25) is 19.4 Å². The lowest BCUT2D eigenvalue weighted by Gasteiger charge is -2.23. The van der Waals surface area contributed by atoms with Gasteiger partial charge in [0.15, 0.2) is 0 Å². The van der Waals surface area contributed by atoms with Gasteiger partial charge < -0.3 is 72.5 Å². The minimum Gasteiger partial charge on any atom is -0.382 e. The molecule has 22 nitrogen and oxygen atoms in total. The molecule has 5 aromatic rings. The average Bonchev–Trinajstić information content (AvgIpc) is 1.17. The lowest BCUT2D eigenvalue weighted by molar-refractivity contribution is -0.137. The molecule has 0 aliphatic heterocycles. The van der Waals surface area contributed by atoms with E-state index >= 15 is 0 Å². The predicted octanol–water partition coefficient (Wildman–Crippen LogP) is 7.59. The molecular weight excluding hydrogens is 1210 g/mol. The van der Waals surface area contributed by atoms with E-state index in [-0.39, 0.29) is 48.6 Å². The number of carbonyl (C=O) groups is 3. The molecule has 0 fully saturated rings. The Morgan fingerprint density at radius 3 is 1.65 bits per heavy atom. The molecule has 0 bridgehead atoms. The molecule has 0 atom stereocenters. The number of carbonyl (C=O) groups excluding carboxylic acids is 3. The summed E-state index contributed by atoms with van der Waals surface area (Å²) in [5.74, 6) is -1.12. The van der Waals surface area contributed by atoms with E-state index in [1.54, 1.807) is 32.4 Å². The summed E-state index contributed by atoms with van der Waals surface area (Å²) in [6, 6.07) is 26.5. The van der Waals surface area contributed by atoms with E-state index in [9.17, 15) is 36.0 Å². The van der Waals surface area contributed by atoms with Crippen LogP contribution in [-0.2, 0) is 81.3 Å². The molecule has 0 spiro atoms. The molecule has 0 radical (unpaired) electrons. The summed E-state index contributed by atoms with van der Waals surface area (Å²) >= 11 is 0. The number of likely N-dealkylation sites (N-methyl/N-ethyl adjacent to an activating group) is 1. The zero-order valence-corrected chi connectivity index (χ0v) is 53.4. The monoisotopic (exact) mass is 1300 g/mol. The first-order valence-corrected chi connectivity index (χ1v) is 31.9. The molecule has 0 aliphatic rings. The van der Waals surface area contributed by atoms with Gasteiger partial charge in [-0.1, -0.05) is 24.3 Å². The van der Waals surface area contributed by atoms with E-state index < -0.39 is 27.7 Å². The van der Waals surface area contributed by atoms with Crippen molar-refractivity contribution in [2.75, 3.05) is 189 Å². The number of alkyl halides is 3. The molecule has 91 heavy (non-hydrogen) atoms. The standard InChI is InChI=1S/C65H89F3N6O16S/c1-5-74(6-2)57-17-20-60(59(49-57)61-48-55(21-22-69-61)62(75)70-50-52-11-8-14-56(47-52)65(66,67)68)72-63(76)54-13-7-10-51(46-54)12-9-25-81-30-33-85-38-39-86-34-31-82-26-23-71-91(78,79)58-18-15-53(16-19-58)64(77)73(3)24-27-83-32-35-87-40-41-89-44-45-90-43-42-88-37-36-84-29-28-80-4/h7-8,10-11,13-22,46-49,71H,5-6,9,12,23-45,50H2,1-4H3,(H,70,75)(H,72,76). The zero-order valence-electron chi connectivity index (χ0n) is 52.6. The molecule has 1 heterocycles. The van der Waals surface area contributed by atoms with Crippen molar-refractivity contribution < 1.29 is 88.1 Å². The molecule has 0 saturated heterocycles. The Kier molecular flexibility index (Phi) is 35.8. The third-order valence-corrected chi connectivity index (χ3v) is 15.1. The number of rotatable bonds is 49. The highest BCUT2D eigenvalue weighted by atomic mass is 32.2. The highest BCUT2D eigenvalue weighted by molar-refractivity contribution is 7.89. The van der Waals surface area contributed by atoms with Crippen LogP contribution in [0.2, 0.25) is 0 Å². The summed E-state index contributed by atoms with van der Waals surface area (Å²) < 4.78 is 128. The number of nitrogens with zero attached hydrogens (tertiary/aromatic N) is 3. The quantitative estimate of drug-likeness (QED) is 0.0318. The van der Waals surface area contributed by atoms with Crippen LogP contribution < -0.4 is 20.3 Å². The van der Waals surface area contributed by atoms with E-state index in [0.717, 1.165) is 36.5 Å². The summed E-state index contributed by atoms with van der Waals surface area (Å²) in [4.78, 5) is 48.2. The summed E-state index contributed by atoms with van der Waals surface area (Å²) in [5, 5.41) is 5.74. The number of anilines is 2. The van der Waals surface area contributed by atoms with E-state index in [1.807, 2.05) is 44.2 Å². The van der Waals surface area contributed by atoms with Crippen molar-refractivity contribution in [1.82, 2.24) is 19.9 Å². The number of nitrogens with one attached hydrogen (secondary N) is 3.